The number of azo groups is 1. The second-order valence-corrected chi connectivity index (χ2v) is 9.26. The molecule has 0 saturated heterocycles. The van der Waals surface area contributed by atoms with Crippen LogP contribution in [-0.4, -0.2) is 39.7 Å². The highest BCUT2D eigenvalue weighted by Crippen LogP contribution is 2.43. The van der Waals surface area contributed by atoms with Crippen molar-refractivity contribution < 1.29 is 26.6 Å². The number of hydrogen-bond donors (Lipinski definition) is 0. The first-order valence-corrected chi connectivity index (χ1v) is 12.8. The summed E-state index contributed by atoms with van der Waals surface area (Å²) in [4.78, 5) is 12.5. The number of nitrogens with zero attached hydrogens (tertiary/aromatic N) is 8. The van der Waals surface area contributed by atoms with Gasteiger partial charge in [0.15, 0.2) is 0 Å². The predicted octanol–water partition coefficient (Wildman–Crippen LogP) is 7.58. The molecule has 1 atom stereocenters. The summed E-state index contributed by atoms with van der Waals surface area (Å²) in [5, 5.41) is 8.02. The lowest BCUT2D eigenvalue weighted by Gasteiger charge is -2.26. The fourth-order valence-electron chi connectivity index (χ4n) is 3.43. The van der Waals surface area contributed by atoms with Crippen molar-refractivity contribution in [1.82, 2.24) is 9.55 Å². The maximum absolute atomic E-state index is 13.4. The minimum atomic E-state index is -5.05. The minimum Gasteiger partial charge on any atom is -0.494 e. The van der Waals surface area contributed by atoms with E-state index in [1.807, 2.05) is 25.7 Å². The Morgan fingerprint density at radius 2 is 1.78 bits per heavy atom. The summed E-state index contributed by atoms with van der Waals surface area (Å²) < 4.78 is 65.3. The minimum absolute atomic E-state index is 0.0232. The van der Waals surface area contributed by atoms with Gasteiger partial charge in [-0.1, -0.05) is 48.4 Å². The monoisotopic (exact) mass is 540 g/mol. The van der Waals surface area contributed by atoms with Gasteiger partial charge in [-0.05, 0) is 29.9 Å². The van der Waals surface area contributed by atoms with E-state index in [0.29, 0.717) is 37.5 Å². The summed E-state index contributed by atoms with van der Waals surface area (Å²) in [6.45, 7) is 21.8. The number of ether oxygens (including phenoxy) is 1. The van der Waals surface area contributed by atoms with Crippen molar-refractivity contribution in [1.29, 1.82) is 0 Å². The van der Waals surface area contributed by atoms with Crippen molar-refractivity contribution in [3.8, 4) is 5.75 Å². The van der Waals surface area contributed by atoms with Gasteiger partial charge in [-0.3, -0.25) is 0 Å². The van der Waals surface area contributed by atoms with Crippen molar-refractivity contribution in [2.45, 2.75) is 52.3 Å². The third-order valence-electron chi connectivity index (χ3n) is 4.95. The molecule has 0 bridgehead atoms. The van der Waals surface area contributed by atoms with E-state index in [1.54, 1.807) is 0 Å². The number of rotatable bonds is 13. The van der Waals surface area contributed by atoms with E-state index >= 15 is 0 Å². The van der Waals surface area contributed by atoms with Crippen LogP contribution in [0.15, 0.2) is 26.7 Å². The Hall–Kier alpha value is -3.69. The quantitative estimate of drug-likeness (QED) is 0.192. The first-order chi connectivity index (χ1) is 17.7. The van der Waals surface area contributed by atoms with E-state index in [0.717, 1.165) is 12.8 Å². The molecule has 0 saturated carbocycles. The Bertz CT molecular complexity index is 1320. The van der Waals surface area contributed by atoms with Crippen molar-refractivity contribution in [2.75, 3.05) is 25.1 Å². The van der Waals surface area contributed by atoms with Crippen molar-refractivity contribution in [3.63, 3.8) is 0 Å². The average molecular weight is 541 g/mol. The van der Waals surface area contributed by atoms with Crippen LogP contribution in [0.5, 0.6) is 5.75 Å². The zero-order valence-electron chi connectivity index (χ0n) is 20.8. The molecule has 0 aliphatic heterocycles. The Morgan fingerprint density at radius 3 is 2.27 bits per heavy atom. The second kappa shape index (κ2) is 13.6. The number of halogens is 3. The molecule has 1 unspecified atom stereocenters. The zero-order chi connectivity index (χ0) is 27.6. The fraction of sp³-hybridized carbons (Fsp3) is 0.500. The first kappa shape index (κ1) is 29.5. The standard InChI is InChI=1S/C22H27F3N8O3S/c1-7-10-32(11-8-2)17-13-16(31-37(34,36-25)21(23)24)15(14-18(17)35-6)29-30-22-28-19(26-4)20(27-5)33(22)12-9-3/h13-14,21H,7-12H2,1-3,6H3. The van der Waals surface area contributed by atoms with Gasteiger partial charge < -0.3 is 19.3 Å². The molecule has 0 spiro atoms. The van der Waals surface area contributed by atoms with E-state index in [9.17, 15) is 17.5 Å². The van der Waals surface area contributed by atoms with E-state index in [2.05, 4.69) is 33.7 Å². The van der Waals surface area contributed by atoms with Crippen LogP contribution in [0.4, 0.5) is 48.0 Å². The summed E-state index contributed by atoms with van der Waals surface area (Å²) in [7, 11) is -3.65. The Labute approximate surface area is 213 Å². The number of hydrogen-bond acceptors (Lipinski definition) is 8. The van der Waals surface area contributed by atoms with Crippen molar-refractivity contribution >= 4 is 44.7 Å². The summed E-state index contributed by atoms with van der Waals surface area (Å²) in [5.41, 5.74) is -0.139. The highest BCUT2D eigenvalue weighted by molar-refractivity contribution is 7.89. The molecule has 15 heteroatoms. The van der Waals surface area contributed by atoms with Crippen LogP contribution in [0.25, 0.3) is 9.69 Å². The van der Waals surface area contributed by atoms with Gasteiger partial charge in [-0.15, -0.1) is 5.11 Å². The van der Waals surface area contributed by atoms with Crippen LogP contribution in [0.3, 0.4) is 0 Å². The summed E-state index contributed by atoms with van der Waals surface area (Å²) in [6, 6.07) is 2.63. The number of methoxy groups -OCH3 is 1. The third-order valence-corrected chi connectivity index (χ3v) is 6.04. The lowest BCUT2D eigenvalue weighted by atomic mass is 10.2. The molecule has 1 aromatic heterocycles. The van der Waals surface area contributed by atoms with Gasteiger partial charge in [0.2, 0.25) is 0 Å². The SMILES string of the molecule is [C-]#[N+]c1nc(N=Nc2cc(OC)c(N(CCC)CCC)cc2N=S(=O)(OF)C(F)F)n(CCC)c1[N+]#[C-]. The number of aromatic nitrogens is 2. The predicted molar refractivity (Wildman–Crippen MR) is 133 cm³/mol. The largest absolute Gasteiger partial charge is 0.494 e. The average Bonchev–Trinajstić information content (AvgIpc) is 3.23. The molecule has 2 aromatic rings. The van der Waals surface area contributed by atoms with Gasteiger partial charge in [0, 0.05) is 19.2 Å². The normalized spacial score (nSPS) is 12.8. The third kappa shape index (κ3) is 6.75. The van der Waals surface area contributed by atoms with Crippen LogP contribution >= 0.6 is 0 Å². The molecule has 0 aliphatic rings. The topological polar surface area (TPSA) is 102 Å². The second-order valence-electron chi connectivity index (χ2n) is 7.56. The van der Waals surface area contributed by atoms with Crippen LogP contribution in [0, 0.1) is 13.1 Å². The smallest absolute Gasteiger partial charge is 0.416 e. The van der Waals surface area contributed by atoms with E-state index in [1.165, 1.54) is 23.8 Å². The van der Waals surface area contributed by atoms with E-state index < -0.39 is 15.8 Å². The maximum atomic E-state index is 13.4. The van der Waals surface area contributed by atoms with Gasteiger partial charge in [0.05, 0.1) is 19.3 Å². The zero-order valence-corrected chi connectivity index (χ0v) is 21.6. The molecule has 0 N–H and O–H groups in total. The van der Waals surface area contributed by atoms with Gasteiger partial charge in [0.25, 0.3) is 21.6 Å². The Morgan fingerprint density at radius 1 is 1.11 bits per heavy atom. The fourth-order valence-corrected chi connectivity index (χ4v) is 4.02. The molecular formula is C22H27F3N8O3S. The number of alkyl halides is 2. The molecule has 37 heavy (non-hydrogen) atoms. The van der Waals surface area contributed by atoms with Crippen LogP contribution in [-0.2, 0) is 20.9 Å². The van der Waals surface area contributed by atoms with Crippen LogP contribution in [0.1, 0.15) is 40.0 Å². The van der Waals surface area contributed by atoms with Gasteiger partial charge in [0.1, 0.15) is 17.1 Å². The molecule has 200 valence electrons. The van der Waals surface area contributed by atoms with E-state index in [-0.39, 0.29) is 29.0 Å². The summed E-state index contributed by atoms with van der Waals surface area (Å²) in [5.74, 6) is -3.73. The van der Waals surface area contributed by atoms with Crippen LogP contribution in [0.2, 0.25) is 0 Å². The molecule has 11 nitrogen and oxygen atoms in total. The molecule has 1 aromatic carbocycles. The Kier molecular flexibility index (Phi) is 10.8. The number of imidazole rings is 1. The number of benzene rings is 1. The van der Waals surface area contributed by atoms with Crippen molar-refractivity contribution in [3.05, 3.63) is 35.0 Å². The van der Waals surface area contributed by atoms with Gasteiger partial charge in [-0.25, -0.2) is 8.78 Å². The highest BCUT2D eigenvalue weighted by atomic mass is 32.2. The number of anilines is 1. The first-order valence-electron chi connectivity index (χ1n) is 11.3. The highest BCUT2D eigenvalue weighted by Gasteiger charge is 2.27. The molecule has 0 fully saturated rings. The molecule has 0 amide bonds. The maximum Gasteiger partial charge on any atom is 0.416 e. The summed E-state index contributed by atoms with van der Waals surface area (Å²) >= 11 is 0. The van der Waals surface area contributed by atoms with Gasteiger partial charge >= 0.3 is 11.7 Å². The Balaban J connectivity index is 2.82. The van der Waals surface area contributed by atoms with Gasteiger partial charge in [-0.2, -0.15) is 13.1 Å². The molecule has 0 aliphatic carbocycles. The summed E-state index contributed by atoms with van der Waals surface area (Å²) in [6.07, 6.45) is 2.10. The van der Waals surface area contributed by atoms with Crippen molar-refractivity contribution in [2.24, 2.45) is 14.6 Å². The molecule has 2 rings (SSSR count). The molecule has 0 radical (unpaired) electrons. The lowest BCUT2D eigenvalue weighted by Crippen LogP contribution is -2.25. The molecule has 1 heterocycles. The lowest BCUT2D eigenvalue weighted by molar-refractivity contribution is -0.000950. The van der Waals surface area contributed by atoms with Crippen LogP contribution < -0.4 is 9.64 Å². The molecular weight excluding hydrogens is 513 g/mol. The van der Waals surface area contributed by atoms with E-state index in [4.69, 9.17) is 17.9 Å².